The van der Waals surface area contributed by atoms with Gasteiger partial charge >= 0.3 is 0 Å². The summed E-state index contributed by atoms with van der Waals surface area (Å²) in [7, 11) is -0.846. The molecular weight excluding hydrogens is 336 g/mol. The largest absolute Gasteiger partial charge is 0.343 e. The summed E-state index contributed by atoms with van der Waals surface area (Å²) >= 11 is 0. The smallest absolute Gasteiger partial charge is 0.251 e. The summed E-state index contributed by atoms with van der Waals surface area (Å²) in [6.07, 6.45) is 1.23. The zero-order valence-corrected chi connectivity index (χ0v) is 13.8. The highest BCUT2D eigenvalue weighted by molar-refractivity contribution is 7.89. The molecule has 1 aromatic carbocycles. The van der Waals surface area contributed by atoms with Crippen molar-refractivity contribution < 1.29 is 18.0 Å². The molecule has 0 radical (unpaired) electrons. The monoisotopic (exact) mass is 352 g/mol. The van der Waals surface area contributed by atoms with Crippen molar-refractivity contribution in [3.05, 3.63) is 36.2 Å². The molecule has 24 heavy (non-hydrogen) atoms. The van der Waals surface area contributed by atoms with Gasteiger partial charge in [0, 0.05) is 19.7 Å². The number of sulfonamides is 1. The molecule has 0 aliphatic heterocycles. The molecule has 2 aromatic rings. The summed E-state index contributed by atoms with van der Waals surface area (Å²) in [5.41, 5.74) is 0.130. The number of nitrogens with zero attached hydrogens (tertiary/aromatic N) is 3. The summed E-state index contributed by atoms with van der Waals surface area (Å²) < 4.78 is 25.2. The summed E-state index contributed by atoms with van der Waals surface area (Å²) in [5.74, 6) is -0.913. The lowest BCUT2D eigenvalue weighted by Gasteiger charge is -2.12. The average Bonchev–Trinajstić information content (AvgIpc) is 3.05. The van der Waals surface area contributed by atoms with Crippen molar-refractivity contribution in [2.24, 2.45) is 0 Å². The Bertz CT molecular complexity index is 832. The second-order valence-electron chi connectivity index (χ2n) is 4.88. The fourth-order valence-electron chi connectivity index (χ4n) is 1.71. The number of aromatic nitrogens is 3. The van der Waals surface area contributed by atoms with Crippen LogP contribution in [0.5, 0.6) is 0 Å². The van der Waals surface area contributed by atoms with E-state index >= 15 is 0 Å². The minimum Gasteiger partial charge on any atom is -0.343 e. The molecule has 128 valence electrons. The lowest BCUT2D eigenvalue weighted by atomic mass is 10.2. The first-order chi connectivity index (χ1) is 11.3. The molecule has 0 aliphatic carbocycles. The third kappa shape index (κ3) is 4.14. The van der Waals surface area contributed by atoms with E-state index in [0.717, 1.165) is 4.31 Å². The zero-order valence-electron chi connectivity index (χ0n) is 13.0. The number of benzene rings is 1. The summed E-state index contributed by atoms with van der Waals surface area (Å²) in [5, 5.41) is 10.8. The van der Waals surface area contributed by atoms with Crippen molar-refractivity contribution >= 4 is 27.8 Å². The van der Waals surface area contributed by atoms with E-state index < -0.39 is 21.8 Å². The number of carbonyl (C=O) groups excluding carboxylic acids is 2. The fourth-order valence-corrected chi connectivity index (χ4v) is 2.66. The van der Waals surface area contributed by atoms with Gasteiger partial charge in [0.2, 0.25) is 21.9 Å². The molecule has 2 amide bonds. The van der Waals surface area contributed by atoms with Crippen LogP contribution in [-0.2, 0) is 14.8 Å². The molecule has 1 aromatic heterocycles. The van der Waals surface area contributed by atoms with Gasteiger partial charge in [0.1, 0.15) is 6.33 Å². The van der Waals surface area contributed by atoms with Crippen LogP contribution in [0.4, 0.5) is 5.95 Å². The van der Waals surface area contributed by atoms with Crippen molar-refractivity contribution in [3.63, 3.8) is 0 Å². The molecule has 1 heterocycles. The molecule has 2 rings (SSSR count). The Morgan fingerprint density at radius 3 is 2.67 bits per heavy atom. The minimum absolute atomic E-state index is 0.00809. The van der Waals surface area contributed by atoms with Crippen LogP contribution in [0.1, 0.15) is 10.4 Å². The molecule has 0 spiro atoms. The Labute approximate surface area is 138 Å². The third-order valence-corrected chi connectivity index (χ3v) is 4.77. The van der Waals surface area contributed by atoms with E-state index in [1.165, 1.54) is 44.7 Å². The van der Waals surface area contributed by atoms with Gasteiger partial charge in [-0.05, 0) is 18.2 Å². The standard InChI is InChI=1S/C13H16N6O4S/c1-19(2)24(22,23)10-5-3-4-9(6-10)12(21)14-7-11(20)17-13-15-8-16-18-13/h3-6,8H,7H2,1-2H3,(H,14,21)(H2,15,16,17,18,20). The molecule has 10 nitrogen and oxygen atoms in total. The number of H-pyrrole nitrogens is 1. The highest BCUT2D eigenvalue weighted by Gasteiger charge is 2.19. The first-order valence-electron chi connectivity index (χ1n) is 6.76. The van der Waals surface area contributed by atoms with Crippen molar-refractivity contribution in [2.75, 3.05) is 26.0 Å². The second-order valence-corrected chi connectivity index (χ2v) is 7.03. The normalized spacial score (nSPS) is 11.3. The number of hydrogen-bond donors (Lipinski definition) is 3. The fraction of sp³-hybridized carbons (Fsp3) is 0.231. The van der Waals surface area contributed by atoms with Gasteiger partial charge in [-0.1, -0.05) is 6.07 Å². The van der Waals surface area contributed by atoms with Crippen molar-refractivity contribution in [1.82, 2.24) is 24.8 Å². The minimum atomic E-state index is -3.64. The highest BCUT2D eigenvalue weighted by atomic mass is 32.2. The number of rotatable bonds is 6. The molecule has 0 saturated heterocycles. The number of amides is 2. The number of hydrogen-bond acceptors (Lipinski definition) is 6. The molecule has 0 atom stereocenters. The molecule has 0 unspecified atom stereocenters. The first kappa shape index (κ1) is 17.6. The van der Waals surface area contributed by atoms with Gasteiger partial charge in [0.15, 0.2) is 0 Å². The summed E-state index contributed by atoms with van der Waals surface area (Å²) in [6, 6.07) is 5.56. The highest BCUT2D eigenvalue weighted by Crippen LogP contribution is 2.14. The van der Waals surface area contributed by atoms with Crippen LogP contribution < -0.4 is 10.6 Å². The Balaban J connectivity index is 2.01. The summed E-state index contributed by atoms with van der Waals surface area (Å²) in [4.78, 5) is 27.4. The number of nitrogens with one attached hydrogen (secondary N) is 3. The van der Waals surface area contributed by atoms with Crippen LogP contribution in [-0.4, -0.2) is 60.4 Å². The van der Waals surface area contributed by atoms with E-state index in [0.29, 0.717) is 0 Å². The molecule has 0 aliphatic rings. The van der Waals surface area contributed by atoms with Gasteiger partial charge in [0.05, 0.1) is 11.4 Å². The lowest BCUT2D eigenvalue weighted by molar-refractivity contribution is -0.115. The van der Waals surface area contributed by atoms with Gasteiger partial charge < -0.3 is 5.32 Å². The lowest BCUT2D eigenvalue weighted by Crippen LogP contribution is -2.33. The number of carbonyl (C=O) groups is 2. The molecule has 0 fully saturated rings. The third-order valence-electron chi connectivity index (χ3n) is 2.96. The van der Waals surface area contributed by atoms with Gasteiger partial charge in [-0.25, -0.2) is 17.8 Å². The van der Waals surface area contributed by atoms with E-state index in [1.54, 1.807) is 0 Å². The van der Waals surface area contributed by atoms with Crippen LogP contribution in [0.2, 0.25) is 0 Å². The number of aromatic amines is 1. The van der Waals surface area contributed by atoms with E-state index in [-0.39, 0.29) is 23.0 Å². The predicted octanol–water partition coefficient (Wildman–Crippen LogP) is -0.576. The zero-order chi connectivity index (χ0) is 17.7. The second kappa shape index (κ2) is 7.19. The molecule has 0 bridgehead atoms. The van der Waals surface area contributed by atoms with Gasteiger partial charge in [0.25, 0.3) is 5.91 Å². The summed E-state index contributed by atoms with van der Waals surface area (Å²) in [6.45, 7) is -0.301. The Kier molecular flexibility index (Phi) is 5.26. The van der Waals surface area contributed by atoms with Gasteiger partial charge in [-0.15, -0.1) is 0 Å². The SMILES string of the molecule is CN(C)S(=O)(=O)c1cccc(C(=O)NCC(=O)Nc2ncn[nH]2)c1. The Hall–Kier alpha value is -2.79. The van der Waals surface area contributed by atoms with Crippen LogP contribution in [0.15, 0.2) is 35.5 Å². The maximum atomic E-state index is 12.1. The maximum Gasteiger partial charge on any atom is 0.251 e. The molecule has 3 N–H and O–H groups in total. The molecule has 0 saturated carbocycles. The van der Waals surface area contributed by atoms with Gasteiger partial charge in [-0.3, -0.25) is 14.9 Å². The number of anilines is 1. The van der Waals surface area contributed by atoms with Crippen molar-refractivity contribution in [1.29, 1.82) is 0 Å². The average molecular weight is 352 g/mol. The van der Waals surface area contributed by atoms with Crippen LogP contribution in [0.25, 0.3) is 0 Å². The first-order valence-corrected chi connectivity index (χ1v) is 8.20. The molecular formula is C13H16N6O4S. The topological polar surface area (TPSA) is 137 Å². The maximum absolute atomic E-state index is 12.1. The Morgan fingerprint density at radius 2 is 2.04 bits per heavy atom. The van der Waals surface area contributed by atoms with Crippen LogP contribution >= 0.6 is 0 Å². The van der Waals surface area contributed by atoms with Crippen molar-refractivity contribution in [2.45, 2.75) is 4.90 Å². The van der Waals surface area contributed by atoms with E-state index in [9.17, 15) is 18.0 Å². The Morgan fingerprint density at radius 1 is 1.29 bits per heavy atom. The molecule has 11 heteroatoms. The van der Waals surface area contributed by atoms with Crippen LogP contribution in [0, 0.1) is 0 Å². The van der Waals surface area contributed by atoms with E-state index in [2.05, 4.69) is 25.8 Å². The van der Waals surface area contributed by atoms with E-state index in [4.69, 9.17) is 0 Å². The van der Waals surface area contributed by atoms with Gasteiger partial charge in [-0.2, -0.15) is 10.1 Å². The quantitative estimate of drug-likeness (QED) is 0.636. The van der Waals surface area contributed by atoms with E-state index in [1.807, 2.05) is 0 Å². The van der Waals surface area contributed by atoms with Crippen LogP contribution in [0.3, 0.4) is 0 Å². The van der Waals surface area contributed by atoms with Crippen molar-refractivity contribution in [3.8, 4) is 0 Å². The predicted molar refractivity (Wildman–Crippen MR) is 84.7 cm³/mol.